The molecule has 0 N–H and O–H groups in total. The summed E-state index contributed by atoms with van der Waals surface area (Å²) in [7, 11) is 0. The highest BCUT2D eigenvalue weighted by molar-refractivity contribution is 9.10. The van der Waals surface area contributed by atoms with E-state index in [9.17, 15) is 4.79 Å². The predicted octanol–water partition coefficient (Wildman–Crippen LogP) is 5.28. The Morgan fingerprint density at radius 3 is 2.63 bits per heavy atom. The van der Waals surface area contributed by atoms with E-state index in [4.69, 9.17) is 4.74 Å². The SMILES string of the molecule is Cc1cc(C(=O)N2CCOC(c3ccc(Br)cc3)C2)c2cc(Br)ccc2n1. The van der Waals surface area contributed by atoms with Gasteiger partial charge in [0.15, 0.2) is 0 Å². The Morgan fingerprint density at radius 2 is 1.85 bits per heavy atom. The van der Waals surface area contributed by atoms with Crippen LogP contribution >= 0.6 is 31.9 Å². The van der Waals surface area contributed by atoms with Gasteiger partial charge in [-0.2, -0.15) is 0 Å². The zero-order valence-electron chi connectivity index (χ0n) is 14.8. The lowest BCUT2D eigenvalue weighted by atomic mass is 10.0. The lowest BCUT2D eigenvalue weighted by Gasteiger charge is -2.33. The number of fused-ring (bicyclic) bond motifs is 1. The van der Waals surface area contributed by atoms with Gasteiger partial charge in [0, 0.05) is 26.6 Å². The van der Waals surface area contributed by atoms with Crippen molar-refractivity contribution in [3.8, 4) is 0 Å². The molecule has 0 saturated carbocycles. The molecule has 1 aliphatic rings. The summed E-state index contributed by atoms with van der Waals surface area (Å²) in [6.45, 7) is 3.57. The third kappa shape index (κ3) is 3.93. The molecule has 2 aromatic carbocycles. The maximum Gasteiger partial charge on any atom is 0.254 e. The number of rotatable bonds is 2. The zero-order chi connectivity index (χ0) is 19.0. The average molecular weight is 490 g/mol. The van der Waals surface area contributed by atoms with Crippen molar-refractivity contribution >= 4 is 48.7 Å². The molecular formula is C21H18Br2N2O2. The van der Waals surface area contributed by atoms with Crippen LogP contribution < -0.4 is 0 Å². The van der Waals surface area contributed by atoms with E-state index in [1.165, 1.54) is 0 Å². The number of carbonyl (C=O) groups is 1. The Bertz CT molecular complexity index is 1000. The number of ether oxygens (including phenoxy) is 1. The largest absolute Gasteiger partial charge is 0.370 e. The zero-order valence-corrected chi connectivity index (χ0v) is 18.0. The van der Waals surface area contributed by atoms with Crippen molar-refractivity contribution in [3.63, 3.8) is 0 Å². The van der Waals surface area contributed by atoms with E-state index in [0.717, 1.165) is 31.1 Å². The molecule has 1 unspecified atom stereocenters. The molecule has 3 aromatic rings. The third-order valence-electron chi connectivity index (χ3n) is 4.72. The van der Waals surface area contributed by atoms with Crippen LogP contribution in [0.15, 0.2) is 57.5 Å². The number of halogens is 2. The molecule has 1 aromatic heterocycles. The summed E-state index contributed by atoms with van der Waals surface area (Å²) in [5.41, 5.74) is 3.44. The van der Waals surface area contributed by atoms with Crippen LogP contribution in [-0.4, -0.2) is 35.5 Å². The van der Waals surface area contributed by atoms with Crippen LogP contribution in [0.2, 0.25) is 0 Å². The number of hydrogen-bond acceptors (Lipinski definition) is 3. The van der Waals surface area contributed by atoms with E-state index in [1.807, 2.05) is 60.4 Å². The number of nitrogens with zero attached hydrogens (tertiary/aromatic N) is 2. The van der Waals surface area contributed by atoms with Gasteiger partial charge in [0.05, 0.1) is 24.2 Å². The summed E-state index contributed by atoms with van der Waals surface area (Å²) < 4.78 is 7.88. The van der Waals surface area contributed by atoms with Gasteiger partial charge < -0.3 is 9.64 Å². The molecule has 0 spiro atoms. The van der Waals surface area contributed by atoms with E-state index in [2.05, 4.69) is 36.8 Å². The molecule has 27 heavy (non-hydrogen) atoms. The topological polar surface area (TPSA) is 42.4 Å². The summed E-state index contributed by atoms with van der Waals surface area (Å²) in [6.07, 6.45) is -0.114. The Kier molecular flexibility index (Phi) is 5.30. The van der Waals surface area contributed by atoms with Gasteiger partial charge >= 0.3 is 0 Å². The summed E-state index contributed by atoms with van der Waals surface area (Å²) in [5, 5.41) is 0.867. The normalized spacial score (nSPS) is 17.3. The summed E-state index contributed by atoms with van der Waals surface area (Å²) >= 11 is 6.96. The van der Waals surface area contributed by atoms with Gasteiger partial charge in [-0.05, 0) is 48.9 Å². The van der Waals surface area contributed by atoms with Crippen molar-refractivity contribution in [3.05, 3.63) is 74.3 Å². The molecule has 1 fully saturated rings. The third-order valence-corrected chi connectivity index (χ3v) is 5.75. The molecule has 0 bridgehead atoms. The van der Waals surface area contributed by atoms with Crippen LogP contribution in [0.1, 0.15) is 27.7 Å². The first-order valence-corrected chi connectivity index (χ1v) is 10.3. The molecule has 6 heteroatoms. The molecule has 138 valence electrons. The summed E-state index contributed by atoms with van der Waals surface area (Å²) in [5.74, 6) is 0.0222. The fraction of sp³-hybridized carbons (Fsp3) is 0.238. The monoisotopic (exact) mass is 488 g/mol. The molecule has 4 rings (SSSR count). The van der Waals surface area contributed by atoms with Gasteiger partial charge in [-0.15, -0.1) is 0 Å². The smallest absolute Gasteiger partial charge is 0.254 e. The van der Waals surface area contributed by atoms with Crippen LogP contribution in [0.4, 0.5) is 0 Å². The minimum Gasteiger partial charge on any atom is -0.370 e. The first-order chi connectivity index (χ1) is 13.0. The number of pyridine rings is 1. The van der Waals surface area contributed by atoms with Crippen LogP contribution in [0, 0.1) is 6.92 Å². The predicted molar refractivity (Wildman–Crippen MR) is 113 cm³/mol. The summed E-state index contributed by atoms with van der Waals surface area (Å²) in [6, 6.07) is 15.8. The van der Waals surface area contributed by atoms with Gasteiger partial charge in [-0.1, -0.05) is 44.0 Å². The van der Waals surface area contributed by atoms with Crippen LogP contribution in [0.3, 0.4) is 0 Å². The minimum atomic E-state index is -0.114. The highest BCUT2D eigenvalue weighted by Gasteiger charge is 2.27. The molecule has 2 heterocycles. The van der Waals surface area contributed by atoms with E-state index < -0.39 is 0 Å². The molecule has 4 nitrogen and oxygen atoms in total. The van der Waals surface area contributed by atoms with Crippen LogP contribution in [0.25, 0.3) is 10.9 Å². The second-order valence-corrected chi connectivity index (χ2v) is 8.47. The summed E-state index contributed by atoms with van der Waals surface area (Å²) in [4.78, 5) is 19.8. The lowest BCUT2D eigenvalue weighted by Crippen LogP contribution is -2.42. The molecule has 1 atom stereocenters. The maximum atomic E-state index is 13.3. The standard InChI is InChI=1S/C21H18Br2N2O2/c1-13-10-18(17-11-16(23)6-7-19(17)24-13)21(26)25-8-9-27-20(12-25)14-2-4-15(22)5-3-14/h2-7,10-11,20H,8-9,12H2,1H3. The highest BCUT2D eigenvalue weighted by Crippen LogP contribution is 2.28. The maximum absolute atomic E-state index is 13.3. The van der Waals surface area contributed by atoms with Gasteiger partial charge in [-0.25, -0.2) is 0 Å². The van der Waals surface area contributed by atoms with Crippen molar-refractivity contribution in [2.75, 3.05) is 19.7 Å². The lowest BCUT2D eigenvalue weighted by molar-refractivity contribution is -0.0227. The quantitative estimate of drug-likeness (QED) is 0.491. The number of morpholine rings is 1. The van der Waals surface area contributed by atoms with Crippen LogP contribution in [0.5, 0.6) is 0 Å². The molecule has 1 saturated heterocycles. The first kappa shape index (κ1) is 18.6. The number of aryl methyl sites for hydroxylation is 1. The van der Waals surface area contributed by atoms with Crippen LogP contribution in [-0.2, 0) is 4.74 Å². The van der Waals surface area contributed by atoms with E-state index in [0.29, 0.717) is 25.3 Å². The van der Waals surface area contributed by atoms with Gasteiger partial charge in [0.2, 0.25) is 0 Å². The van der Waals surface area contributed by atoms with E-state index in [-0.39, 0.29) is 12.0 Å². The fourth-order valence-electron chi connectivity index (χ4n) is 3.39. The number of benzene rings is 2. The minimum absolute atomic E-state index is 0.0222. The Morgan fingerprint density at radius 1 is 1.11 bits per heavy atom. The Labute approximate surface area is 174 Å². The molecular weight excluding hydrogens is 472 g/mol. The Balaban J connectivity index is 1.65. The van der Waals surface area contributed by atoms with Gasteiger partial charge in [-0.3, -0.25) is 9.78 Å². The number of hydrogen-bond donors (Lipinski definition) is 0. The average Bonchev–Trinajstić information content (AvgIpc) is 2.68. The molecule has 0 aliphatic carbocycles. The van der Waals surface area contributed by atoms with Crippen molar-refractivity contribution in [2.45, 2.75) is 13.0 Å². The number of aromatic nitrogens is 1. The molecule has 0 radical (unpaired) electrons. The number of amides is 1. The van der Waals surface area contributed by atoms with Crippen molar-refractivity contribution in [2.24, 2.45) is 0 Å². The van der Waals surface area contributed by atoms with Crippen molar-refractivity contribution < 1.29 is 9.53 Å². The van der Waals surface area contributed by atoms with E-state index >= 15 is 0 Å². The molecule has 1 amide bonds. The van der Waals surface area contributed by atoms with Gasteiger partial charge in [0.1, 0.15) is 6.10 Å². The second kappa shape index (κ2) is 7.70. The first-order valence-electron chi connectivity index (χ1n) is 8.74. The Hall–Kier alpha value is -1.76. The van der Waals surface area contributed by atoms with E-state index in [1.54, 1.807) is 0 Å². The second-order valence-electron chi connectivity index (χ2n) is 6.63. The van der Waals surface area contributed by atoms with Crippen molar-refractivity contribution in [1.82, 2.24) is 9.88 Å². The highest BCUT2D eigenvalue weighted by atomic mass is 79.9. The molecule has 1 aliphatic heterocycles. The fourth-order valence-corrected chi connectivity index (χ4v) is 4.02. The number of carbonyl (C=O) groups excluding carboxylic acids is 1. The van der Waals surface area contributed by atoms with Gasteiger partial charge in [0.25, 0.3) is 5.91 Å². The van der Waals surface area contributed by atoms with Crippen molar-refractivity contribution in [1.29, 1.82) is 0 Å².